The SMILES string of the molecule is CC(=O)Nc1ccccc1-c1nnc(SCC(=O)Nc2cc(C)cc(C)c2)[nH]c1=O. The zero-order valence-electron chi connectivity index (χ0n) is 16.8. The van der Waals surface area contributed by atoms with E-state index in [9.17, 15) is 14.4 Å². The summed E-state index contributed by atoms with van der Waals surface area (Å²) in [5, 5.41) is 13.7. The Balaban J connectivity index is 1.70. The number of aromatic nitrogens is 3. The number of benzene rings is 2. The van der Waals surface area contributed by atoms with Crippen LogP contribution in [-0.2, 0) is 9.59 Å². The molecule has 0 saturated carbocycles. The van der Waals surface area contributed by atoms with Crippen molar-refractivity contribution in [3.8, 4) is 11.3 Å². The first-order valence-electron chi connectivity index (χ1n) is 9.17. The van der Waals surface area contributed by atoms with Crippen molar-refractivity contribution in [3.05, 3.63) is 63.9 Å². The van der Waals surface area contributed by atoms with Crippen LogP contribution in [0, 0.1) is 13.8 Å². The third kappa shape index (κ3) is 5.54. The van der Waals surface area contributed by atoms with Crippen LogP contribution >= 0.6 is 11.8 Å². The molecule has 0 aliphatic carbocycles. The lowest BCUT2D eigenvalue weighted by Gasteiger charge is -2.09. The number of amides is 2. The Morgan fingerprint density at radius 2 is 1.73 bits per heavy atom. The topological polar surface area (TPSA) is 117 Å². The molecule has 0 aliphatic rings. The van der Waals surface area contributed by atoms with E-state index in [-0.39, 0.29) is 28.4 Å². The van der Waals surface area contributed by atoms with E-state index in [1.165, 1.54) is 6.92 Å². The summed E-state index contributed by atoms with van der Waals surface area (Å²) in [6.07, 6.45) is 0. The Morgan fingerprint density at radius 1 is 1.03 bits per heavy atom. The quantitative estimate of drug-likeness (QED) is 0.525. The number of carbonyl (C=O) groups excluding carboxylic acids is 2. The number of aryl methyl sites for hydroxylation is 2. The summed E-state index contributed by atoms with van der Waals surface area (Å²) in [7, 11) is 0. The number of hydrogen-bond acceptors (Lipinski definition) is 6. The monoisotopic (exact) mass is 423 g/mol. The summed E-state index contributed by atoms with van der Waals surface area (Å²) in [6.45, 7) is 5.31. The smallest absolute Gasteiger partial charge is 0.278 e. The molecule has 0 atom stereocenters. The van der Waals surface area contributed by atoms with E-state index in [0.717, 1.165) is 28.6 Å². The van der Waals surface area contributed by atoms with Gasteiger partial charge in [-0.15, -0.1) is 10.2 Å². The number of hydrogen-bond donors (Lipinski definition) is 3. The maximum Gasteiger partial charge on any atom is 0.278 e. The highest BCUT2D eigenvalue weighted by molar-refractivity contribution is 7.99. The number of rotatable bonds is 6. The van der Waals surface area contributed by atoms with Gasteiger partial charge in [0, 0.05) is 18.2 Å². The lowest BCUT2D eigenvalue weighted by molar-refractivity contribution is -0.114. The molecule has 2 amide bonds. The van der Waals surface area contributed by atoms with Gasteiger partial charge in [0.15, 0.2) is 10.9 Å². The molecule has 0 fully saturated rings. The number of nitrogens with zero attached hydrogens (tertiary/aromatic N) is 2. The van der Waals surface area contributed by atoms with Gasteiger partial charge < -0.3 is 10.6 Å². The van der Waals surface area contributed by atoms with E-state index < -0.39 is 5.56 Å². The van der Waals surface area contributed by atoms with Crippen LogP contribution in [0.25, 0.3) is 11.3 Å². The van der Waals surface area contributed by atoms with E-state index in [0.29, 0.717) is 11.3 Å². The fourth-order valence-electron chi connectivity index (χ4n) is 2.93. The first-order valence-corrected chi connectivity index (χ1v) is 10.2. The van der Waals surface area contributed by atoms with Crippen LogP contribution in [0.15, 0.2) is 52.4 Å². The number of H-pyrrole nitrogens is 1. The molecule has 9 heteroatoms. The summed E-state index contributed by atoms with van der Waals surface area (Å²) in [5.41, 5.74) is 3.40. The van der Waals surface area contributed by atoms with Crippen molar-refractivity contribution < 1.29 is 9.59 Å². The summed E-state index contributed by atoms with van der Waals surface area (Å²) in [4.78, 5) is 38.7. The molecule has 0 aliphatic heterocycles. The molecule has 3 rings (SSSR count). The molecule has 0 spiro atoms. The number of para-hydroxylation sites is 1. The molecule has 30 heavy (non-hydrogen) atoms. The van der Waals surface area contributed by atoms with Gasteiger partial charge in [-0.1, -0.05) is 36.0 Å². The summed E-state index contributed by atoms with van der Waals surface area (Å²) >= 11 is 1.08. The Kier molecular flexibility index (Phi) is 6.63. The number of aromatic amines is 1. The Morgan fingerprint density at radius 3 is 2.40 bits per heavy atom. The van der Waals surface area contributed by atoms with Gasteiger partial charge in [-0.3, -0.25) is 19.4 Å². The molecule has 0 saturated heterocycles. The predicted molar refractivity (Wildman–Crippen MR) is 118 cm³/mol. The molecule has 1 heterocycles. The van der Waals surface area contributed by atoms with E-state index in [1.54, 1.807) is 24.3 Å². The highest BCUT2D eigenvalue weighted by atomic mass is 32.2. The highest BCUT2D eigenvalue weighted by Gasteiger charge is 2.13. The highest BCUT2D eigenvalue weighted by Crippen LogP contribution is 2.24. The molecule has 0 radical (unpaired) electrons. The van der Waals surface area contributed by atoms with Gasteiger partial charge in [0.2, 0.25) is 11.8 Å². The first-order chi connectivity index (χ1) is 14.3. The Bertz CT molecular complexity index is 1140. The van der Waals surface area contributed by atoms with Gasteiger partial charge in [0.1, 0.15) is 0 Å². The molecule has 3 N–H and O–H groups in total. The van der Waals surface area contributed by atoms with Crippen molar-refractivity contribution in [1.82, 2.24) is 15.2 Å². The van der Waals surface area contributed by atoms with Crippen molar-refractivity contribution in [3.63, 3.8) is 0 Å². The minimum absolute atomic E-state index is 0.0689. The lowest BCUT2D eigenvalue weighted by atomic mass is 10.1. The second kappa shape index (κ2) is 9.36. The average Bonchev–Trinajstić information content (AvgIpc) is 2.66. The maximum atomic E-state index is 12.5. The number of nitrogens with one attached hydrogen (secondary N) is 3. The van der Waals surface area contributed by atoms with Crippen molar-refractivity contribution in [2.24, 2.45) is 0 Å². The summed E-state index contributed by atoms with van der Waals surface area (Å²) in [6, 6.07) is 12.6. The molecule has 0 unspecified atom stereocenters. The van der Waals surface area contributed by atoms with Crippen molar-refractivity contribution >= 4 is 35.0 Å². The zero-order valence-corrected chi connectivity index (χ0v) is 17.6. The van der Waals surface area contributed by atoms with E-state index in [4.69, 9.17) is 0 Å². The van der Waals surface area contributed by atoms with E-state index in [2.05, 4.69) is 25.8 Å². The number of carbonyl (C=O) groups is 2. The molecule has 154 valence electrons. The van der Waals surface area contributed by atoms with Gasteiger partial charge in [-0.2, -0.15) is 0 Å². The molecular formula is C21H21N5O3S. The van der Waals surface area contributed by atoms with Gasteiger partial charge in [-0.05, 0) is 43.2 Å². The van der Waals surface area contributed by atoms with Gasteiger partial charge in [0.25, 0.3) is 5.56 Å². The minimum atomic E-state index is -0.458. The van der Waals surface area contributed by atoms with Crippen LogP contribution in [-0.4, -0.2) is 32.7 Å². The van der Waals surface area contributed by atoms with Crippen LogP contribution in [0.5, 0.6) is 0 Å². The lowest BCUT2D eigenvalue weighted by Crippen LogP contribution is -2.18. The fraction of sp³-hybridized carbons (Fsp3) is 0.190. The summed E-state index contributed by atoms with van der Waals surface area (Å²) < 4.78 is 0. The second-order valence-corrected chi connectivity index (χ2v) is 7.71. The van der Waals surface area contributed by atoms with Crippen molar-refractivity contribution in [2.45, 2.75) is 25.9 Å². The van der Waals surface area contributed by atoms with Gasteiger partial charge >= 0.3 is 0 Å². The zero-order chi connectivity index (χ0) is 21.7. The minimum Gasteiger partial charge on any atom is -0.326 e. The van der Waals surface area contributed by atoms with Crippen LogP contribution in [0.4, 0.5) is 11.4 Å². The molecule has 1 aromatic heterocycles. The van der Waals surface area contributed by atoms with Crippen LogP contribution in [0.2, 0.25) is 0 Å². The third-order valence-corrected chi connectivity index (χ3v) is 4.88. The molecule has 2 aromatic carbocycles. The van der Waals surface area contributed by atoms with Gasteiger partial charge in [-0.25, -0.2) is 0 Å². The molecule has 3 aromatic rings. The predicted octanol–water partition coefficient (Wildman–Crippen LogP) is 3.14. The van der Waals surface area contributed by atoms with Crippen LogP contribution in [0.3, 0.4) is 0 Å². The Hall–Kier alpha value is -3.46. The summed E-state index contributed by atoms with van der Waals surface area (Å²) in [5.74, 6) is -0.402. The molecule has 8 nitrogen and oxygen atoms in total. The fourth-order valence-corrected chi connectivity index (χ4v) is 3.53. The number of anilines is 2. The Labute approximate surface area is 177 Å². The standard InChI is InChI=1S/C21H21N5O3S/c1-12-8-13(2)10-15(9-12)23-18(28)11-30-21-24-20(29)19(25-26-21)16-6-4-5-7-17(16)22-14(3)27/h4-10H,11H2,1-3H3,(H,22,27)(H,23,28)(H,24,26,29). The largest absolute Gasteiger partial charge is 0.326 e. The van der Waals surface area contributed by atoms with Gasteiger partial charge in [0.05, 0.1) is 11.4 Å². The molecule has 0 bridgehead atoms. The van der Waals surface area contributed by atoms with Crippen molar-refractivity contribution in [2.75, 3.05) is 16.4 Å². The van der Waals surface area contributed by atoms with Crippen LogP contribution < -0.4 is 16.2 Å². The normalized spacial score (nSPS) is 10.5. The molecular weight excluding hydrogens is 402 g/mol. The third-order valence-electron chi connectivity index (χ3n) is 4.01. The van der Waals surface area contributed by atoms with E-state index >= 15 is 0 Å². The average molecular weight is 423 g/mol. The first kappa shape index (κ1) is 21.3. The van der Waals surface area contributed by atoms with Crippen LogP contribution in [0.1, 0.15) is 18.1 Å². The van der Waals surface area contributed by atoms with E-state index in [1.807, 2.05) is 32.0 Å². The van der Waals surface area contributed by atoms with Crippen molar-refractivity contribution in [1.29, 1.82) is 0 Å². The second-order valence-electron chi connectivity index (χ2n) is 6.75. The maximum absolute atomic E-state index is 12.5. The number of thioether (sulfide) groups is 1.